The highest BCUT2D eigenvalue weighted by Gasteiger charge is 2.45. The van der Waals surface area contributed by atoms with Crippen molar-refractivity contribution in [3.63, 3.8) is 0 Å². The summed E-state index contributed by atoms with van der Waals surface area (Å²) in [6.45, 7) is 0.865. The van der Waals surface area contributed by atoms with E-state index in [4.69, 9.17) is 4.74 Å². The Hall–Kier alpha value is -1.60. The van der Waals surface area contributed by atoms with Gasteiger partial charge in [-0.3, -0.25) is 0 Å². The predicted molar refractivity (Wildman–Crippen MR) is 68.8 cm³/mol. The fraction of sp³-hybridized carbons (Fsp3) is 0.250. The lowest BCUT2D eigenvalue weighted by molar-refractivity contribution is 0.293. The number of hydrogen-bond acceptors (Lipinski definition) is 1. The highest BCUT2D eigenvalue weighted by molar-refractivity contribution is 5.27. The molecule has 0 radical (unpaired) electrons. The molecule has 0 bridgehead atoms. The normalized spacial score (nSPS) is 22.4. The molecule has 1 aliphatic rings. The summed E-state index contributed by atoms with van der Waals surface area (Å²) < 4.78 is 5.70. The van der Waals surface area contributed by atoms with Gasteiger partial charge in [0, 0.05) is 0 Å². The SMILES string of the molecule is c1ccc(CCC2(c3ccccc3)CO2)cc1. The van der Waals surface area contributed by atoms with Crippen LogP contribution in [0.3, 0.4) is 0 Å². The molecule has 17 heavy (non-hydrogen) atoms. The second-order valence-corrected chi connectivity index (χ2v) is 4.63. The minimum absolute atomic E-state index is 0.00288. The van der Waals surface area contributed by atoms with Gasteiger partial charge < -0.3 is 4.74 Å². The summed E-state index contributed by atoms with van der Waals surface area (Å²) in [4.78, 5) is 0. The van der Waals surface area contributed by atoms with Gasteiger partial charge in [-0.05, 0) is 24.0 Å². The molecule has 3 rings (SSSR count). The minimum atomic E-state index is -0.00288. The Morgan fingerprint density at radius 3 is 2.06 bits per heavy atom. The first kappa shape index (κ1) is 10.5. The van der Waals surface area contributed by atoms with E-state index in [1.165, 1.54) is 11.1 Å². The van der Waals surface area contributed by atoms with Gasteiger partial charge in [0.15, 0.2) is 0 Å². The van der Waals surface area contributed by atoms with Crippen molar-refractivity contribution < 1.29 is 4.74 Å². The fourth-order valence-corrected chi connectivity index (χ4v) is 2.28. The molecule has 0 aromatic heterocycles. The molecule has 2 aromatic carbocycles. The Bertz CT molecular complexity index is 471. The highest BCUT2D eigenvalue weighted by atomic mass is 16.6. The number of rotatable bonds is 4. The summed E-state index contributed by atoms with van der Waals surface area (Å²) in [7, 11) is 0. The van der Waals surface area contributed by atoms with Crippen LogP contribution in [-0.2, 0) is 16.8 Å². The van der Waals surface area contributed by atoms with Crippen molar-refractivity contribution in [2.45, 2.75) is 18.4 Å². The molecule has 1 heteroatoms. The molecule has 1 fully saturated rings. The molecule has 86 valence electrons. The maximum absolute atomic E-state index is 5.70. The first-order valence-corrected chi connectivity index (χ1v) is 6.12. The van der Waals surface area contributed by atoms with Gasteiger partial charge in [0.2, 0.25) is 0 Å². The Morgan fingerprint density at radius 2 is 1.47 bits per heavy atom. The van der Waals surface area contributed by atoms with E-state index >= 15 is 0 Å². The fourth-order valence-electron chi connectivity index (χ4n) is 2.28. The topological polar surface area (TPSA) is 12.5 Å². The molecule has 1 heterocycles. The summed E-state index contributed by atoms with van der Waals surface area (Å²) in [5.41, 5.74) is 2.70. The molecular weight excluding hydrogens is 208 g/mol. The Morgan fingerprint density at radius 1 is 0.882 bits per heavy atom. The monoisotopic (exact) mass is 224 g/mol. The molecule has 1 unspecified atom stereocenters. The van der Waals surface area contributed by atoms with E-state index in [-0.39, 0.29) is 5.60 Å². The van der Waals surface area contributed by atoms with E-state index in [0.29, 0.717) is 0 Å². The second kappa shape index (κ2) is 4.34. The van der Waals surface area contributed by atoms with Crippen LogP contribution >= 0.6 is 0 Å². The van der Waals surface area contributed by atoms with Crippen LogP contribution < -0.4 is 0 Å². The lowest BCUT2D eigenvalue weighted by Crippen LogP contribution is -2.09. The van der Waals surface area contributed by atoms with Crippen LogP contribution in [0.25, 0.3) is 0 Å². The third-order valence-corrected chi connectivity index (χ3v) is 3.45. The molecule has 1 atom stereocenters. The van der Waals surface area contributed by atoms with Crippen molar-refractivity contribution in [2.24, 2.45) is 0 Å². The van der Waals surface area contributed by atoms with Gasteiger partial charge in [-0.25, -0.2) is 0 Å². The summed E-state index contributed by atoms with van der Waals surface area (Å²) in [5, 5.41) is 0. The molecule has 0 saturated carbocycles. The Labute approximate surface area is 102 Å². The van der Waals surface area contributed by atoms with Gasteiger partial charge in [-0.1, -0.05) is 60.7 Å². The molecule has 1 nitrogen and oxygen atoms in total. The summed E-state index contributed by atoms with van der Waals surface area (Å²) in [6.07, 6.45) is 2.15. The van der Waals surface area contributed by atoms with E-state index in [2.05, 4.69) is 60.7 Å². The van der Waals surface area contributed by atoms with E-state index in [9.17, 15) is 0 Å². The standard InChI is InChI=1S/C16H16O/c1-3-7-14(8-4-1)11-12-16(13-17-16)15-9-5-2-6-10-15/h1-10H,11-13H2. The Balaban J connectivity index is 1.70. The first-order valence-electron chi connectivity index (χ1n) is 6.12. The van der Waals surface area contributed by atoms with Crippen LogP contribution in [0.2, 0.25) is 0 Å². The summed E-state index contributed by atoms with van der Waals surface area (Å²) in [5.74, 6) is 0. The lowest BCUT2D eigenvalue weighted by atomic mass is 9.93. The summed E-state index contributed by atoms with van der Waals surface area (Å²) >= 11 is 0. The van der Waals surface area contributed by atoms with Crippen molar-refractivity contribution in [1.82, 2.24) is 0 Å². The van der Waals surface area contributed by atoms with Crippen LogP contribution in [0.4, 0.5) is 0 Å². The molecule has 0 aliphatic carbocycles. The maximum Gasteiger partial charge on any atom is 0.117 e. The lowest BCUT2D eigenvalue weighted by Gasteiger charge is -2.12. The molecule has 0 spiro atoms. The Kier molecular flexibility index (Phi) is 2.69. The van der Waals surface area contributed by atoms with Crippen molar-refractivity contribution in [1.29, 1.82) is 0 Å². The zero-order valence-corrected chi connectivity index (χ0v) is 9.80. The van der Waals surface area contributed by atoms with E-state index in [1.807, 2.05) is 0 Å². The van der Waals surface area contributed by atoms with Crippen molar-refractivity contribution in [3.8, 4) is 0 Å². The average molecular weight is 224 g/mol. The second-order valence-electron chi connectivity index (χ2n) is 4.63. The molecule has 1 saturated heterocycles. The summed E-state index contributed by atoms with van der Waals surface area (Å²) in [6, 6.07) is 21.2. The number of ether oxygens (including phenoxy) is 1. The van der Waals surface area contributed by atoms with Gasteiger partial charge >= 0.3 is 0 Å². The van der Waals surface area contributed by atoms with Crippen LogP contribution in [0.1, 0.15) is 17.5 Å². The van der Waals surface area contributed by atoms with E-state index in [0.717, 1.165) is 19.4 Å². The molecule has 1 aliphatic heterocycles. The molecule has 0 amide bonds. The van der Waals surface area contributed by atoms with Gasteiger partial charge in [-0.2, -0.15) is 0 Å². The zero-order chi connectivity index (χ0) is 11.6. The number of benzene rings is 2. The van der Waals surface area contributed by atoms with Gasteiger partial charge in [-0.15, -0.1) is 0 Å². The van der Waals surface area contributed by atoms with Crippen LogP contribution in [0, 0.1) is 0 Å². The molecular formula is C16H16O. The van der Waals surface area contributed by atoms with Gasteiger partial charge in [0.25, 0.3) is 0 Å². The first-order chi connectivity index (χ1) is 8.39. The van der Waals surface area contributed by atoms with Crippen LogP contribution in [0.5, 0.6) is 0 Å². The maximum atomic E-state index is 5.70. The van der Waals surface area contributed by atoms with Crippen molar-refractivity contribution >= 4 is 0 Å². The van der Waals surface area contributed by atoms with E-state index in [1.54, 1.807) is 0 Å². The minimum Gasteiger partial charge on any atom is -0.364 e. The molecule has 0 N–H and O–H groups in total. The average Bonchev–Trinajstić information content (AvgIpc) is 3.20. The van der Waals surface area contributed by atoms with Crippen LogP contribution in [-0.4, -0.2) is 6.61 Å². The number of epoxide rings is 1. The molecule has 2 aromatic rings. The van der Waals surface area contributed by atoms with Crippen LogP contribution in [0.15, 0.2) is 60.7 Å². The van der Waals surface area contributed by atoms with E-state index < -0.39 is 0 Å². The quantitative estimate of drug-likeness (QED) is 0.724. The smallest absolute Gasteiger partial charge is 0.117 e. The highest BCUT2D eigenvalue weighted by Crippen LogP contribution is 2.42. The number of aryl methyl sites for hydroxylation is 1. The number of hydrogen-bond donors (Lipinski definition) is 0. The van der Waals surface area contributed by atoms with Gasteiger partial charge in [0.05, 0.1) is 6.61 Å². The predicted octanol–water partition coefficient (Wildman–Crippen LogP) is 3.54. The van der Waals surface area contributed by atoms with Crippen molar-refractivity contribution in [2.75, 3.05) is 6.61 Å². The van der Waals surface area contributed by atoms with Gasteiger partial charge in [0.1, 0.15) is 5.60 Å². The van der Waals surface area contributed by atoms with Crippen molar-refractivity contribution in [3.05, 3.63) is 71.8 Å². The zero-order valence-electron chi connectivity index (χ0n) is 9.80. The third kappa shape index (κ3) is 2.25. The largest absolute Gasteiger partial charge is 0.364 e. The third-order valence-electron chi connectivity index (χ3n) is 3.45.